The molecule has 0 atom stereocenters. The smallest absolute Gasteiger partial charge is 0.243 e. The molecular weight excluding hydrogens is 462 g/mol. The summed E-state index contributed by atoms with van der Waals surface area (Å²) in [5.74, 6) is -0.286. The molecule has 33 heavy (non-hydrogen) atoms. The zero-order chi connectivity index (χ0) is 23.6. The van der Waals surface area contributed by atoms with Gasteiger partial charge in [-0.15, -0.1) is 0 Å². The average Bonchev–Trinajstić information content (AvgIpc) is 2.78. The largest absolute Gasteiger partial charge is 0.325 e. The number of hydrogen-bond acceptors (Lipinski definition) is 6. The van der Waals surface area contributed by atoms with E-state index >= 15 is 0 Å². The van der Waals surface area contributed by atoms with Gasteiger partial charge in [0, 0.05) is 38.1 Å². The Balaban J connectivity index is 1.36. The van der Waals surface area contributed by atoms with E-state index in [-0.39, 0.29) is 35.3 Å². The highest BCUT2D eigenvalue weighted by Crippen LogP contribution is 2.23. The molecule has 1 N–H and O–H groups in total. The van der Waals surface area contributed by atoms with Crippen LogP contribution in [0.15, 0.2) is 76.5 Å². The van der Waals surface area contributed by atoms with Gasteiger partial charge < -0.3 is 5.32 Å². The first-order valence-electron chi connectivity index (χ1n) is 10.4. The summed E-state index contributed by atoms with van der Waals surface area (Å²) < 4.78 is 51.0. The quantitative estimate of drug-likeness (QED) is 0.572. The predicted molar refractivity (Wildman–Crippen MR) is 127 cm³/mol. The van der Waals surface area contributed by atoms with Crippen LogP contribution < -0.4 is 5.32 Å². The molecule has 0 bridgehead atoms. The lowest BCUT2D eigenvalue weighted by Crippen LogP contribution is -2.50. The number of nitrogens with zero attached hydrogens (tertiary/aromatic N) is 2. The third-order valence-electron chi connectivity index (χ3n) is 5.60. The topological polar surface area (TPSA) is 104 Å². The van der Waals surface area contributed by atoms with Crippen molar-refractivity contribution in [1.29, 1.82) is 0 Å². The number of benzene rings is 3. The van der Waals surface area contributed by atoms with Gasteiger partial charge in [-0.05, 0) is 41.1 Å². The Morgan fingerprint density at radius 1 is 0.818 bits per heavy atom. The molecule has 0 radical (unpaired) electrons. The van der Waals surface area contributed by atoms with E-state index in [9.17, 15) is 21.6 Å². The van der Waals surface area contributed by atoms with Crippen LogP contribution in [0.2, 0.25) is 0 Å². The van der Waals surface area contributed by atoms with Gasteiger partial charge in [0.2, 0.25) is 15.9 Å². The predicted octanol–water partition coefficient (Wildman–Crippen LogP) is 2.19. The molecule has 1 saturated heterocycles. The van der Waals surface area contributed by atoms with Crippen molar-refractivity contribution in [3.8, 4) is 0 Å². The van der Waals surface area contributed by atoms with Gasteiger partial charge in [0.1, 0.15) is 0 Å². The molecule has 1 heterocycles. The van der Waals surface area contributed by atoms with Crippen molar-refractivity contribution >= 4 is 42.2 Å². The third kappa shape index (κ3) is 5.41. The first kappa shape index (κ1) is 23.4. The molecule has 1 amide bonds. The molecule has 3 aromatic rings. The Labute approximate surface area is 193 Å². The molecule has 10 heteroatoms. The highest BCUT2D eigenvalue weighted by Gasteiger charge is 2.29. The first-order valence-corrected chi connectivity index (χ1v) is 13.8. The Kier molecular flexibility index (Phi) is 6.53. The van der Waals surface area contributed by atoms with Gasteiger partial charge in [-0.2, -0.15) is 4.31 Å². The van der Waals surface area contributed by atoms with Crippen molar-refractivity contribution in [2.24, 2.45) is 0 Å². The van der Waals surface area contributed by atoms with Crippen LogP contribution in [-0.2, 0) is 24.7 Å². The second-order valence-corrected chi connectivity index (χ2v) is 12.0. The molecule has 8 nitrogen and oxygen atoms in total. The van der Waals surface area contributed by atoms with Crippen LogP contribution in [0.25, 0.3) is 10.8 Å². The number of sulfone groups is 1. The molecular formula is C23H25N3O5S2. The Morgan fingerprint density at radius 2 is 1.52 bits per heavy atom. The minimum absolute atomic E-state index is 0.0902. The molecule has 4 rings (SSSR count). The van der Waals surface area contributed by atoms with E-state index < -0.39 is 19.9 Å². The highest BCUT2D eigenvalue weighted by atomic mass is 32.2. The molecule has 0 saturated carbocycles. The Morgan fingerprint density at radius 3 is 2.21 bits per heavy atom. The second-order valence-electron chi connectivity index (χ2n) is 8.04. The number of carbonyl (C=O) groups excluding carboxylic acids is 1. The minimum Gasteiger partial charge on any atom is -0.325 e. The van der Waals surface area contributed by atoms with E-state index in [1.54, 1.807) is 24.3 Å². The minimum atomic E-state index is -3.62. The van der Waals surface area contributed by atoms with Crippen LogP contribution in [0.1, 0.15) is 0 Å². The van der Waals surface area contributed by atoms with Gasteiger partial charge in [0.05, 0.1) is 16.3 Å². The average molecular weight is 488 g/mol. The standard InChI is InChI=1S/C23H25N3O5S2/c1-32(28,29)21-8-4-7-20(16-21)24-23(27)17-25-11-13-26(14-12-25)33(30,31)22-10-9-18-5-2-3-6-19(18)15-22/h2-10,15-16H,11-14,17H2,1H3,(H,24,27). The van der Waals surface area contributed by atoms with Gasteiger partial charge in [-0.25, -0.2) is 16.8 Å². The van der Waals surface area contributed by atoms with Crippen LogP contribution in [-0.4, -0.2) is 70.9 Å². The number of anilines is 1. The van der Waals surface area contributed by atoms with Gasteiger partial charge in [0.25, 0.3) is 0 Å². The Hall–Kier alpha value is -2.79. The van der Waals surface area contributed by atoms with Crippen molar-refractivity contribution in [3.63, 3.8) is 0 Å². The van der Waals surface area contributed by atoms with Crippen LogP contribution in [0.4, 0.5) is 5.69 Å². The first-order chi connectivity index (χ1) is 15.6. The maximum atomic E-state index is 13.1. The Bertz CT molecular complexity index is 1400. The summed E-state index contributed by atoms with van der Waals surface area (Å²) in [6.07, 6.45) is 1.11. The van der Waals surface area contributed by atoms with Crippen molar-refractivity contribution in [2.75, 3.05) is 44.3 Å². The molecule has 174 valence electrons. The van der Waals surface area contributed by atoms with Gasteiger partial charge in [-0.3, -0.25) is 9.69 Å². The number of rotatable bonds is 6. The maximum Gasteiger partial charge on any atom is 0.243 e. The lowest BCUT2D eigenvalue weighted by molar-refractivity contribution is -0.117. The van der Waals surface area contributed by atoms with Gasteiger partial charge in [0.15, 0.2) is 9.84 Å². The van der Waals surface area contributed by atoms with E-state index in [4.69, 9.17) is 0 Å². The van der Waals surface area contributed by atoms with E-state index in [0.29, 0.717) is 18.8 Å². The number of hydrogen-bond donors (Lipinski definition) is 1. The van der Waals surface area contributed by atoms with Crippen molar-refractivity contribution in [3.05, 3.63) is 66.7 Å². The maximum absolute atomic E-state index is 13.1. The van der Waals surface area contributed by atoms with E-state index in [1.807, 2.05) is 35.2 Å². The highest BCUT2D eigenvalue weighted by molar-refractivity contribution is 7.90. The van der Waals surface area contributed by atoms with E-state index in [0.717, 1.165) is 17.0 Å². The number of carbonyl (C=O) groups is 1. The lowest BCUT2D eigenvalue weighted by atomic mass is 10.1. The number of piperazine rings is 1. The lowest BCUT2D eigenvalue weighted by Gasteiger charge is -2.33. The summed E-state index contributed by atoms with van der Waals surface area (Å²) in [7, 11) is -6.99. The number of fused-ring (bicyclic) bond motifs is 1. The summed E-state index contributed by atoms with van der Waals surface area (Å²) in [6.45, 7) is 1.50. The van der Waals surface area contributed by atoms with Crippen LogP contribution in [0.3, 0.4) is 0 Å². The molecule has 3 aromatic carbocycles. The summed E-state index contributed by atoms with van der Waals surface area (Å²) >= 11 is 0. The number of amides is 1. The van der Waals surface area contributed by atoms with Crippen molar-refractivity contribution in [2.45, 2.75) is 9.79 Å². The molecule has 0 aromatic heterocycles. The normalized spacial score (nSPS) is 16.0. The zero-order valence-corrected chi connectivity index (χ0v) is 19.8. The number of nitrogens with one attached hydrogen (secondary N) is 1. The van der Waals surface area contributed by atoms with Crippen LogP contribution >= 0.6 is 0 Å². The second kappa shape index (κ2) is 9.22. The fourth-order valence-electron chi connectivity index (χ4n) is 3.81. The fourth-order valence-corrected chi connectivity index (χ4v) is 5.94. The van der Waals surface area contributed by atoms with Crippen LogP contribution in [0, 0.1) is 0 Å². The number of sulfonamides is 1. The molecule has 1 fully saturated rings. The molecule has 0 unspecified atom stereocenters. The van der Waals surface area contributed by atoms with Crippen molar-refractivity contribution in [1.82, 2.24) is 9.21 Å². The summed E-state index contributed by atoms with van der Waals surface area (Å²) in [4.78, 5) is 14.7. The van der Waals surface area contributed by atoms with E-state index in [1.165, 1.54) is 16.4 Å². The molecule has 0 aliphatic carbocycles. The summed E-state index contributed by atoms with van der Waals surface area (Å²) in [5, 5.41) is 4.56. The molecule has 0 spiro atoms. The summed E-state index contributed by atoms with van der Waals surface area (Å²) in [6, 6.07) is 18.8. The van der Waals surface area contributed by atoms with E-state index in [2.05, 4.69) is 5.32 Å². The zero-order valence-electron chi connectivity index (χ0n) is 18.1. The third-order valence-corrected chi connectivity index (χ3v) is 8.61. The monoisotopic (exact) mass is 487 g/mol. The van der Waals surface area contributed by atoms with Crippen LogP contribution in [0.5, 0.6) is 0 Å². The van der Waals surface area contributed by atoms with Gasteiger partial charge in [-0.1, -0.05) is 36.4 Å². The molecule has 1 aliphatic rings. The SMILES string of the molecule is CS(=O)(=O)c1cccc(NC(=O)CN2CCN(S(=O)(=O)c3ccc4ccccc4c3)CC2)c1. The van der Waals surface area contributed by atoms with Gasteiger partial charge >= 0.3 is 0 Å². The van der Waals surface area contributed by atoms with Crippen molar-refractivity contribution < 1.29 is 21.6 Å². The fraction of sp³-hybridized carbons (Fsp3) is 0.261. The molecule has 1 aliphatic heterocycles. The summed E-state index contributed by atoms with van der Waals surface area (Å²) in [5.41, 5.74) is 0.403.